The second-order valence-electron chi connectivity index (χ2n) is 4.66. The smallest absolute Gasteiger partial charge is 0.243 e. The summed E-state index contributed by atoms with van der Waals surface area (Å²) in [6.07, 6.45) is 1.99. The first-order valence-corrected chi connectivity index (χ1v) is 9.33. The Balaban J connectivity index is 2.32. The number of benzene rings is 1. The van der Waals surface area contributed by atoms with E-state index in [9.17, 15) is 17.6 Å². The normalized spacial score (nSPS) is 20.0. The molecule has 1 fully saturated rings. The van der Waals surface area contributed by atoms with E-state index in [1.807, 2.05) is 0 Å². The molecule has 1 aromatic rings. The van der Waals surface area contributed by atoms with Gasteiger partial charge in [0.2, 0.25) is 15.9 Å². The van der Waals surface area contributed by atoms with Crippen LogP contribution in [0.15, 0.2) is 26.0 Å². The van der Waals surface area contributed by atoms with Crippen molar-refractivity contribution in [3.8, 4) is 0 Å². The summed E-state index contributed by atoms with van der Waals surface area (Å²) in [5.41, 5.74) is 0. The SMILES string of the molecule is O=C1NCCCCC1NS(=O)(=O)c1c(Br)cc(F)cc1Br. The Labute approximate surface area is 139 Å². The van der Waals surface area contributed by atoms with Crippen molar-refractivity contribution in [2.75, 3.05) is 6.54 Å². The summed E-state index contributed by atoms with van der Waals surface area (Å²) in [6.45, 7) is 0.543. The van der Waals surface area contributed by atoms with E-state index in [4.69, 9.17) is 0 Å². The number of hydrogen-bond acceptors (Lipinski definition) is 3. The molecule has 0 spiro atoms. The minimum absolute atomic E-state index is 0.0934. The van der Waals surface area contributed by atoms with Crippen molar-refractivity contribution in [2.24, 2.45) is 0 Å². The topological polar surface area (TPSA) is 75.3 Å². The van der Waals surface area contributed by atoms with E-state index in [-0.39, 0.29) is 19.7 Å². The van der Waals surface area contributed by atoms with E-state index in [0.717, 1.165) is 25.0 Å². The van der Waals surface area contributed by atoms with Gasteiger partial charge in [-0.1, -0.05) is 0 Å². The highest BCUT2D eigenvalue weighted by Crippen LogP contribution is 2.31. The molecule has 116 valence electrons. The van der Waals surface area contributed by atoms with Crippen molar-refractivity contribution in [1.29, 1.82) is 0 Å². The number of rotatable bonds is 3. The van der Waals surface area contributed by atoms with Crippen LogP contribution in [0, 0.1) is 5.82 Å². The monoisotopic (exact) mass is 442 g/mol. The van der Waals surface area contributed by atoms with Gasteiger partial charge in [0.1, 0.15) is 16.8 Å². The molecule has 1 amide bonds. The Kier molecular flexibility index (Phi) is 5.39. The molecule has 0 radical (unpaired) electrons. The Bertz CT molecular complexity index is 643. The first-order chi connectivity index (χ1) is 9.81. The molecule has 2 N–H and O–H groups in total. The van der Waals surface area contributed by atoms with Crippen molar-refractivity contribution in [3.63, 3.8) is 0 Å². The lowest BCUT2D eigenvalue weighted by atomic mass is 10.1. The minimum atomic E-state index is -3.96. The fraction of sp³-hybridized carbons (Fsp3) is 0.417. The molecule has 5 nitrogen and oxygen atoms in total. The van der Waals surface area contributed by atoms with Gasteiger partial charge < -0.3 is 5.32 Å². The molecule has 0 bridgehead atoms. The molecule has 21 heavy (non-hydrogen) atoms. The fourth-order valence-corrected chi connectivity index (χ4v) is 5.84. The zero-order chi connectivity index (χ0) is 15.6. The van der Waals surface area contributed by atoms with Crippen LogP contribution in [-0.2, 0) is 14.8 Å². The van der Waals surface area contributed by atoms with Crippen LogP contribution < -0.4 is 10.0 Å². The predicted octanol–water partition coefficient (Wildman–Crippen LogP) is 2.30. The van der Waals surface area contributed by atoms with Crippen LogP contribution in [0.5, 0.6) is 0 Å². The zero-order valence-electron chi connectivity index (χ0n) is 10.8. The number of sulfonamides is 1. The molecule has 0 saturated carbocycles. The third kappa shape index (κ3) is 4.02. The standard InChI is InChI=1S/C12H13Br2FN2O3S/c13-8-5-7(15)6-9(14)11(8)21(19,20)17-10-3-1-2-4-16-12(10)18/h5-6,10,17H,1-4H2,(H,16,18). The van der Waals surface area contributed by atoms with Gasteiger partial charge in [0.05, 0.1) is 0 Å². The van der Waals surface area contributed by atoms with E-state index in [0.29, 0.717) is 13.0 Å². The quantitative estimate of drug-likeness (QED) is 0.752. The number of carbonyl (C=O) groups is 1. The van der Waals surface area contributed by atoms with Gasteiger partial charge in [0, 0.05) is 15.5 Å². The van der Waals surface area contributed by atoms with Gasteiger partial charge in [-0.3, -0.25) is 4.79 Å². The lowest BCUT2D eigenvalue weighted by molar-refractivity contribution is -0.122. The first kappa shape index (κ1) is 16.9. The van der Waals surface area contributed by atoms with Crippen molar-refractivity contribution < 1.29 is 17.6 Å². The molecule has 0 aromatic heterocycles. The van der Waals surface area contributed by atoms with Crippen molar-refractivity contribution >= 4 is 47.8 Å². The Hall–Kier alpha value is -0.510. The predicted molar refractivity (Wildman–Crippen MR) is 82.8 cm³/mol. The van der Waals surface area contributed by atoms with Gasteiger partial charge in [-0.05, 0) is 63.3 Å². The molecule has 1 aliphatic rings. The summed E-state index contributed by atoms with van der Waals surface area (Å²) in [5.74, 6) is -0.912. The van der Waals surface area contributed by atoms with E-state index in [1.54, 1.807) is 0 Å². The van der Waals surface area contributed by atoms with Gasteiger partial charge in [-0.15, -0.1) is 0 Å². The number of hydrogen-bond donors (Lipinski definition) is 2. The maximum absolute atomic E-state index is 13.2. The lowest BCUT2D eigenvalue weighted by Gasteiger charge is -2.17. The Morgan fingerprint density at radius 2 is 1.86 bits per heavy atom. The molecule has 9 heteroatoms. The lowest BCUT2D eigenvalue weighted by Crippen LogP contribution is -2.45. The molecule has 2 rings (SSSR count). The summed E-state index contributed by atoms with van der Waals surface area (Å²) in [7, 11) is -3.96. The van der Waals surface area contributed by atoms with Gasteiger partial charge in [-0.25, -0.2) is 12.8 Å². The van der Waals surface area contributed by atoms with Gasteiger partial charge in [-0.2, -0.15) is 4.72 Å². The van der Waals surface area contributed by atoms with E-state index in [2.05, 4.69) is 41.9 Å². The zero-order valence-corrected chi connectivity index (χ0v) is 14.8. The average Bonchev–Trinajstić information content (AvgIpc) is 2.52. The molecule has 1 heterocycles. The maximum Gasteiger partial charge on any atom is 0.243 e. The fourth-order valence-electron chi connectivity index (χ4n) is 2.08. The maximum atomic E-state index is 13.2. The molecule has 1 saturated heterocycles. The first-order valence-electron chi connectivity index (χ1n) is 6.26. The summed E-state index contributed by atoms with van der Waals surface area (Å²) in [6, 6.07) is 1.31. The summed E-state index contributed by atoms with van der Waals surface area (Å²) in [5, 5.41) is 2.66. The van der Waals surface area contributed by atoms with E-state index >= 15 is 0 Å². The van der Waals surface area contributed by atoms with Crippen molar-refractivity contribution in [3.05, 3.63) is 26.9 Å². The highest BCUT2D eigenvalue weighted by molar-refractivity contribution is 9.11. The molecule has 1 unspecified atom stereocenters. The van der Waals surface area contributed by atoms with Crippen molar-refractivity contribution in [1.82, 2.24) is 10.0 Å². The number of nitrogens with one attached hydrogen (secondary N) is 2. The largest absolute Gasteiger partial charge is 0.355 e. The molecule has 1 aromatic carbocycles. The van der Waals surface area contributed by atoms with Gasteiger partial charge in [0.25, 0.3) is 0 Å². The van der Waals surface area contributed by atoms with Crippen LogP contribution in [0.4, 0.5) is 4.39 Å². The second-order valence-corrected chi connectivity index (χ2v) is 8.02. The number of amides is 1. The molecular formula is C12H13Br2FN2O3S. The summed E-state index contributed by atoms with van der Waals surface area (Å²) >= 11 is 6.08. The van der Waals surface area contributed by atoms with Crippen LogP contribution in [0.3, 0.4) is 0 Å². The van der Waals surface area contributed by atoms with Crippen LogP contribution >= 0.6 is 31.9 Å². The number of halogens is 3. The molecule has 1 atom stereocenters. The third-order valence-electron chi connectivity index (χ3n) is 3.06. The Morgan fingerprint density at radius 3 is 2.48 bits per heavy atom. The van der Waals surface area contributed by atoms with Crippen molar-refractivity contribution in [2.45, 2.75) is 30.2 Å². The van der Waals surface area contributed by atoms with Gasteiger partial charge in [0.15, 0.2) is 0 Å². The van der Waals surface area contributed by atoms with E-state index in [1.165, 1.54) is 0 Å². The van der Waals surface area contributed by atoms with E-state index < -0.39 is 21.9 Å². The number of carbonyl (C=O) groups excluding carboxylic acids is 1. The summed E-state index contributed by atoms with van der Waals surface area (Å²) in [4.78, 5) is 11.7. The average molecular weight is 444 g/mol. The Morgan fingerprint density at radius 1 is 1.24 bits per heavy atom. The minimum Gasteiger partial charge on any atom is -0.355 e. The summed E-state index contributed by atoms with van der Waals surface area (Å²) < 4.78 is 40.7. The molecular weight excluding hydrogens is 431 g/mol. The third-order valence-corrected chi connectivity index (χ3v) is 6.41. The van der Waals surface area contributed by atoms with Crippen LogP contribution in [0.1, 0.15) is 19.3 Å². The highest BCUT2D eigenvalue weighted by atomic mass is 79.9. The highest BCUT2D eigenvalue weighted by Gasteiger charge is 2.29. The van der Waals surface area contributed by atoms with Crippen LogP contribution in [-0.4, -0.2) is 26.9 Å². The molecule has 0 aliphatic carbocycles. The van der Waals surface area contributed by atoms with Crippen LogP contribution in [0.2, 0.25) is 0 Å². The van der Waals surface area contributed by atoms with Gasteiger partial charge >= 0.3 is 0 Å². The second kappa shape index (κ2) is 6.72. The molecule has 1 aliphatic heterocycles. The van der Waals surface area contributed by atoms with Crippen LogP contribution in [0.25, 0.3) is 0 Å².